The highest BCUT2D eigenvalue weighted by Gasteiger charge is 2.03. The van der Waals surface area contributed by atoms with Crippen molar-refractivity contribution in [1.29, 1.82) is 0 Å². The van der Waals surface area contributed by atoms with Crippen LogP contribution in [0.1, 0.15) is 32.8 Å². The Labute approximate surface area is 118 Å². The van der Waals surface area contributed by atoms with Gasteiger partial charge in [0.1, 0.15) is 0 Å². The van der Waals surface area contributed by atoms with Gasteiger partial charge in [0.25, 0.3) is 0 Å². The van der Waals surface area contributed by atoms with Gasteiger partial charge in [-0.05, 0) is 52.5 Å². The van der Waals surface area contributed by atoms with Crippen molar-refractivity contribution in [2.75, 3.05) is 12.3 Å². The van der Waals surface area contributed by atoms with Crippen molar-refractivity contribution in [1.82, 2.24) is 5.32 Å². The lowest BCUT2D eigenvalue weighted by Gasteiger charge is -2.09. The summed E-state index contributed by atoms with van der Waals surface area (Å²) in [6.45, 7) is 8.74. The Morgan fingerprint density at radius 1 is 1.35 bits per heavy atom. The number of nitrogens with one attached hydrogen (secondary N) is 1. The largest absolute Gasteiger partial charge is 0.313 e. The summed E-state index contributed by atoms with van der Waals surface area (Å²) in [6, 6.07) is 6.67. The number of benzene rings is 1. The topological polar surface area (TPSA) is 12.0 Å². The first kappa shape index (κ1) is 15.1. The van der Waals surface area contributed by atoms with E-state index in [1.165, 1.54) is 27.1 Å². The lowest BCUT2D eigenvalue weighted by Crippen LogP contribution is -2.13. The molecule has 96 valence electrons. The molecule has 17 heavy (non-hydrogen) atoms. The number of thioether (sulfide) groups is 1. The molecule has 0 amide bonds. The Kier molecular flexibility index (Phi) is 7.24. The quantitative estimate of drug-likeness (QED) is 0.578. The number of halogens is 1. The molecule has 0 spiro atoms. The lowest BCUT2D eigenvalue weighted by atomic mass is 10.2. The zero-order chi connectivity index (χ0) is 12.7. The Balaban J connectivity index is 2.53. The van der Waals surface area contributed by atoms with Gasteiger partial charge < -0.3 is 5.32 Å². The van der Waals surface area contributed by atoms with Crippen molar-refractivity contribution in [3.05, 3.63) is 28.2 Å². The third kappa shape index (κ3) is 5.94. The molecule has 1 rings (SSSR count). The third-order valence-corrected chi connectivity index (χ3v) is 4.74. The van der Waals surface area contributed by atoms with Crippen LogP contribution in [0.4, 0.5) is 0 Å². The lowest BCUT2D eigenvalue weighted by molar-refractivity contribution is 0.675. The molecule has 0 unspecified atom stereocenters. The van der Waals surface area contributed by atoms with E-state index in [0.29, 0.717) is 0 Å². The van der Waals surface area contributed by atoms with Crippen LogP contribution in [0.25, 0.3) is 0 Å². The van der Waals surface area contributed by atoms with Crippen LogP contribution < -0.4 is 5.32 Å². The third-order valence-electron chi connectivity index (χ3n) is 2.32. The number of hydrogen-bond donors (Lipinski definition) is 1. The minimum absolute atomic E-state index is 0.734. The molecule has 1 aromatic carbocycles. The monoisotopic (exact) mass is 315 g/mol. The number of hydrogen-bond acceptors (Lipinski definition) is 2. The summed E-state index contributed by atoms with van der Waals surface area (Å²) in [7, 11) is 0. The second-order valence-corrected chi connectivity index (χ2v) is 6.56. The Bertz CT molecular complexity index is 339. The molecule has 3 heteroatoms. The molecule has 0 heterocycles. The highest BCUT2D eigenvalue weighted by Crippen LogP contribution is 2.29. The first-order valence-electron chi connectivity index (χ1n) is 6.25. The van der Waals surface area contributed by atoms with Gasteiger partial charge in [-0.2, -0.15) is 0 Å². The fourth-order valence-electron chi connectivity index (χ4n) is 1.44. The van der Waals surface area contributed by atoms with Gasteiger partial charge in [-0.25, -0.2) is 0 Å². The van der Waals surface area contributed by atoms with E-state index in [2.05, 4.69) is 60.2 Å². The summed E-state index contributed by atoms with van der Waals surface area (Å²) in [6.07, 6.45) is 1.18. The summed E-state index contributed by atoms with van der Waals surface area (Å²) in [5.41, 5.74) is 1.35. The summed E-state index contributed by atoms with van der Waals surface area (Å²) in [5.74, 6) is 1.91. The maximum Gasteiger partial charge on any atom is 0.0314 e. The summed E-state index contributed by atoms with van der Waals surface area (Å²) in [5, 5.41) is 3.42. The zero-order valence-corrected chi connectivity index (χ0v) is 13.3. The van der Waals surface area contributed by atoms with Gasteiger partial charge in [-0.15, -0.1) is 11.8 Å². The van der Waals surface area contributed by atoms with E-state index < -0.39 is 0 Å². The van der Waals surface area contributed by atoms with Crippen molar-refractivity contribution in [3.8, 4) is 0 Å². The second kappa shape index (κ2) is 8.17. The maximum atomic E-state index is 3.66. The highest BCUT2D eigenvalue weighted by atomic mass is 79.9. The van der Waals surface area contributed by atoms with Crippen molar-refractivity contribution in [2.24, 2.45) is 5.92 Å². The fraction of sp³-hybridized carbons (Fsp3) is 0.571. The van der Waals surface area contributed by atoms with E-state index in [0.717, 1.165) is 19.0 Å². The van der Waals surface area contributed by atoms with Crippen LogP contribution in [0.3, 0.4) is 0 Å². The normalized spacial score (nSPS) is 11.1. The van der Waals surface area contributed by atoms with E-state index in [9.17, 15) is 0 Å². The molecule has 1 N–H and O–H groups in total. The van der Waals surface area contributed by atoms with Gasteiger partial charge >= 0.3 is 0 Å². The van der Waals surface area contributed by atoms with Crippen LogP contribution in [-0.4, -0.2) is 12.3 Å². The van der Waals surface area contributed by atoms with Crippen LogP contribution in [0.2, 0.25) is 0 Å². The zero-order valence-electron chi connectivity index (χ0n) is 10.9. The average molecular weight is 316 g/mol. The van der Waals surface area contributed by atoms with Crippen LogP contribution in [0.5, 0.6) is 0 Å². The molecule has 0 aliphatic heterocycles. The fourth-order valence-corrected chi connectivity index (χ4v) is 3.08. The van der Waals surface area contributed by atoms with Gasteiger partial charge in [-0.3, -0.25) is 0 Å². The van der Waals surface area contributed by atoms with Crippen LogP contribution in [0, 0.1) is 5.92 Å². The average Bonchev–Trinajstić information content (AvgIpc) is 2.28. The van der Waals surface area contributed by atoms with Crippen molar-refractivity contribution >= 4 is 27.7 Å². The van der Waals surface area contributed by atoms with Gasteiger partial charge in [0.05, 0.1) is 0 Å². The smallest absolute Gasteiger partial charge is 0.0314 e. The van der Waals surface area contributed by atoms with Crippen molar-refractivity contribution in [2.45, 2.75) is 38.6 Å². The first-order valence-corrected chi connectivity index (χ1v) is 8.03. The van der Waals surface area contributed by atoms with E-state index in [1.807, 2.05) is 11.8 Å². The SMILES string of the molecule is CCCNCc1ccc(SCC(C)C)c(Br)c1. The van der Waals surface area contributed by atoms with Gasteiger partial charge in [0.15, 0.2) is 0 Å². The van der Waals surface area contributed by atoms with E-state index >= 15 is 0 Å². The van der Waals surface area contributed by atoms with Gasteiger partial charge in [0, 0.05) is 21.7 Å². The van der Waals surface area contributed by atoms with Crippen LogP contribution in [-0.2, 0) is 6.54 Å². The molecule has 0 saturated heterocycles. The van der Waals surface area contributed by atoms with Crippen LogP contribution in [0.15, 0.2) is 27.6 Å². The van der Waals surface area contributed by atoms with E-state index in [4.69, 9.17) is 0 Å². The molecule has 0 atom stereocenters. The van der Waals surface area contributed by atoms with E-state index in [-0.39, 0.29) is 0 Å². The molecule has 0 radical (unpaired) electrons. The molecule has 0 aliphatic carbocycles. The minimum Gasteiger partial charge on any atom is -0.313 e. The van der Waals surface area contributed by atoms with E-state index in [1.54, 1.807) is 0 Å². The second-order valence-electron chi connectivity index (χ2n) is 4.65. The van der Waals surface area contributed by atoms with Crippen molar-refractivity contribution in [3.63, 3.8) is 0 Å². The van der Waals surface area contributed by atoms with Gasteiger partial charge in [-0.1, -0.05) is 26.8 Å². The molecule has 1 aromatic rings. The number of rotatable bonds is 7. The highest BCUT2D eigenvalue weighted by molar-refractivity contribution is 9.10. The Hall–Kier alpha value is 0.01000. The maximum absolute atomic E-state index is 3.66. The van der Waals surface area contributed by atoms with Crippen LogP contribution >= 0.6 is 27.7 Å². The summed E-state index contributed by atoms with van der Waals surface area (Å²) in [4.78, 5) is 1.35. The van der Waals surface area contributed by atoms with Crippen molar-refractivity contribution < 1.29 is 0 Å². The molecule has 1 nitrogen and oxygen atoms in total. The first-order chi connectivity index (χ1) is 8.13. The summed E-state index contributed by atoms with van der Waals surface area (Å²) >= 11 is 5.58. The Morgan fingerprint density at radius 3 is 2.71 bits per heavy atom. The molecular formula is C14H22BrNS. The molecule has 0 saturated carbocycles. The standard InChI is InChI=1S/C14H22BrNS/c1-4-7-16-9-12-5-6-14(13(15)8-12)17-10-11(2)3/h5-6,8,11,16H,4,7,9-10H2,1-3H3. The molecule has 0 aromatic heterocycles. The molecule has 0 fully saturated rings. The summed E-state index contributed by atoms with van der Waals surface area (Å²) < 4.78 is 1.22. The molecular weight excluding hydrogens is 294 g/mol. The predicted octanol–water partition coefficient (Wildman–Crippen LogP) is 4.70. The predicted molar refractivity (Wildman–Crippen MR) is 81.7 cm³/mol. The Morgan fingerprint density at radius 2 is 2.12 bits per heavy atom. The van der Waals surface area contributed by atoms with Gasteiger partial charge in [0.2, 0.25) is 0 Å². The molecule has 0 bridgehead atoms. The minimum atomic E-state index is 0.734. The molecule has 0 aliphatic rings.